The topological polar surface area (TPSA) is 76.1 Å². The maximum absolute atomic E-state index is 13.3. The molecule has 0 aliphatic rings. The second kappa shape index (κ2) is 10.9. The number of carbonyl (C=O) groups is 1. The molecule has 1 amide bonds. The highest BCUT2D eigenvalue weighted by atomic mass is 19.1. The number of anilines is 1. The molecule has 6 nitrogen and oxygen atoms in total. The maximum atomic E-state index is 13.3. The smallest absolute Gasteiger partial charge is 0.223 e. The first-order valence-electron chi connectivity index (χ1n) is 9.82. The number of methoxy groups -OCH3 is 1. The highest BCUT2D eigenvalue weighted by Crippen LogP contribution is 2.34. The van der Waals surface area contributed by atoms with Crippen molar-refractivity contribution >= 4 is 22.6 Å². The van der Waals surface area contributed by atoms with Crippen molar-refractivity contribution < 1.29 is 13.9 Å². The normalized spacial score (nSPS) is 10.0. The standard InChI is InChI=1S/C21H21FN4O2.C2H6/c1-4-19(27)26-13(2)11-23-21-17-9-15(14-5-7-16(22)8-6-14)10-18(28-3)20(17)24-12-25-21;1-2/h5-10,12H,2,4,11H2,1,3H3,(H,26,27)(H,23,24,25);1-2H3. The van der Waals surface area contributed by atoms with E-state index in [-0.39, 0.29) is 11.7 Å². The fourth-order valence-electron chi connectivity index (χ4n) is 2.76. The summed E-state index contributed by atoms with van der Waals surface area (Å²) in [5.74, 6) is 0.772. The number of benzene rings is 2. The molecule has 0 aliphatic carbocycles. The molecule has 2 N–H and O–H groups in total. The number of aromatic nitrogens is 2. The zero-order valence-corrected chi connectivity index (χ0v) is 17.8. The first kappa shape index (κ1) is 22.8. The molecule has 158 valence electrons. The highest BCUT2D eigenvalue weighted by molar-refractivity contribution is 5.96. The fourth-order valence-corrected chi connectivity index (χ4v) is 2.76. The van der Waals surface area contributed by atoms with E-state index in [0.29, 0.717) is 35.7 Å². The van der Waals surface area contributed by atoms with Gasteiger partial charge in [-0.3, -0.25) is 4.79 Å². The SMILES string of the molecule is C=C(CNc1ncnc2c(OC)cc(-c3ccc(F)cc3)cc12)NC(=O)CC.CC. The van der Waals surface area contributed by atoms with E-state index in [4.69, 9.17) is 4.74 Å². The van der Waals surface area contributed by atoms with Gasteiger partial charge in [-0.1, -0.05) is 39.5 Å². The minimum atomic E-state index is -0.296. The molecule has 0 spiro atoms. The zero-order valence-electron chi connectivity index (χ0n) is 17.8. The lowest BCUT2D eigenvalue weighted by Gasteiger charge is -2.14. The van der Waals surface area contributed by atoms with E-state index >= 15 is 0 Å². The molecule has 2 aromatic carbocycles. The largest absolute Gasteiger partial charge is 0.494 e. The van der Waals surface area contributed by atoms with Crippen molar-refractivity contribution in [1.82, 2.24) is 15.3 Å². The molecule has 3 aromatic rings. The van der Waals surface area contributed by atoms with Crippen LogP contribution in [-0.2, 0) is 4.79 Å². The summed E-state index contributed by atoms with van der Waals surface area (Å²) in [4.78, 5) is 20.1. The molecule has 0 unspecified atom stereocenters. The molecule has 7 heteroatoms. The lowest BCUT2D eigenvalue weighted by molar-refractivity contribution is -0.120. The van der Waals surface area contributed by atoms with Gasteiger partial charge in [-0.2, -0.15) is 0 Å². The van der Waals surface area contributed by atoms with Crippen LogP contribution in [0.2, 0.25) is 0 Å². The van der Waals surface area contributed by atoms with Crippen molar-refractivity contribution in [3.05, 3.63) is 60.8 Å². The third kappa shape index (κ3) is 5.53. The lowest BCUT2D eigenvalue weighted by atomic mass is 10.0. The van der Waals surface area contributed by atoms with E-state index in [2.05, 4.69) is 27.2 Å². The number of carbonyl (C=O) groups excluding carboxylic acids is 1. The summed E-state index contributed by atoms with van der Waals surface area (Å²) in [6, 6.07) is 10.00. The van der Waals surface area contributed by atoms with Gasteiger partial charge in [0.1, 0.15) is 29.2 Å². The first-order valence-corrected chi connectivity index (χ1v) is 9.82. The number of nitrogens with zero attached hydrogens (tertiary/aromatic N) is 2. The number of hydrogen-bond acceptors (Lipinski definition) is 5. The molecule has 0 bridgehead atoms. The summed E-state index contributed by atoms with van der Waals surface area (Å²) in [6.45, 7) is 9.94. The van der Waals surface area contributed by atoms with Crippen LogP contribution >= 0.6 is 0 Å². The molecule has 0 radical (unpaired) electrons. The Morgan fingerprint density at radius 2 is 1.83 bits per heavy atom. The molecule has 0 atom stereocenters. The third-order valence-corrected chi connectivity index (χ3v) is 4.21. The van der Waals surface area contributed by atoms with Crippen molar-refractivity contribution in [3.63, 3.8) is 0 Å². The molecular formula is C23H27FN4O2. The number of amides is 1. The zero-order chi connectivity index (χ0) is 22.1. The van der Waals surface area contributed by atoms with E-state index in [1.54, 1.807) is 26.2 Å². The van der Waals surface area contributed by atoms with Crippen LogP contribution in [0, 0.1) is 5.82 Å². The summed E-state index contributed by atoms with van der Waals surface area (Å²) in [5, 5.41) is 6.63. The molecule has 0 saturated heterocycles. The number of nitrogens with one attached hydrogen (secondary N) is 2. The van der Waals surface area contributed by atoms with Crippen molar-refractivity contribution in [2.75, 3.05) is 19.0 Å². The highest BCUT2D eigenvalue weighted by Gasteiger charge is 2.12. The van der Waals surface area contributed by atoms with E-state index in [0.717, 1.165) is 16.5 Å². The first-order chi connectivity index (χ1) is 14.5. The van der Waals surface area contributed by atoms with Crippen LogP contribution in [-0.4, -0.2) is 29.5 Å². The van der Waals surface area contributed by atoms with Gasteiger partial charge in [-0.15, -0.1) is 0 Å². The average molecular weight is 410 g/mol. The van der Waals surface area contributed by atoms with Gasteiger partial charge < -0.3 is 15.4 Å². The minimum Gasteiger partial charge on any atom is -0.494 e. The lowest BCUT2D eigenvalue weighted by Crippen LogP contribution is -2.25. The Morgan fingerprint density at radius 3 is 2.47 bits per heavy atom. The van der Waals surface area contributed by atoms with Gasteiger partial charge in [-0.05, 0) is 35.4 Å². The second-order valence-electron chi connectivity index (χ2n) is 6.16. The van der Waals surface area contributed by atoms with Gasteiger partial charge in [0.25, 0.3) is 0 Å². The van der Waals surface area contributed by atoms with Gasteiger partial charge in [0.05, 0.1) is 13.7 Å². The third-order valence-electron chi connectivity index (χ3n) is 4.21. The fraction of sp³-hybridized carbons (Fsp3) is 0.261. The van der Waals surface area contributed by atoms with Gasteiger partial charge in [0, 0.05) is 17.5 Å². The summed E-state index contributed by atoms with van der Waals surface area (Å²) < 4.78 is 18.8. The second-order valence-corrected chi connectivity index (χ2v) is 6.16. The van der Waals surface area contributed by atoms with Crippen molar-refractivity contribution in [2.24, 2.45) is 0 Å². The number of ether oxygens (including phenoxy) is 1. The monoisotopic (exact) mass is 410 g/mol. The van der Waals surface area contributed by atoms with Crippen LogP contribution in [0.15, 0.2) is 55.0 Å². The van der Waals surface area contributed by atoms with Gasteiger partial charge in [-0.25, -0.2) is 14.4 Å². The summed E-state index contributed by atoms with van der Waals surface area (Å²) in [5.41, 5.74) is 2.88. The van der Waals surface area contributed by atoms with Crippen LogP contribution in [0.3, 0.4) is 0 Å². The predicted molar refractivity (Wildman–Crippen MR) is 119 cm³/mol. The van der Waals surface area contributed by atoms with Crippen LogP contribution in [0.4, 0.5) is 10.2 Å². The van der Waals surface area contributed by atoms with Gasteiger partial charge in [0.2, 0.25) is 5.91 Å². The van der Waals surface area contributed by atoms with Crippen LogP contribution in [0.25, 0.3) is 22.0 Å². The summed E-state index contributed by atoms with van der Waals surface area (Å²) in [7, 11) is 1.57. The predicted octanol–water partition coefficient (Wildman–Crippen LogP) is 4.92. The average Bonchev–Trinajstić information content (AvgIpc) is 2.78. The Hall–Kier alpha value is -3.48. The van der Waals surface area contributed by atoms with Crippen molar-refractivity contribution in [1.29, 1.82) is 0 Å². The van der Waals surface area contributed by atoms with Crippen LogP contribution in [0.1, 0.15) is 27.2 Å². The Kier molecular flexibility index (Phi) is 8.29. The van der Waals surface area contributed by atoms with Crippen LogP contribution in [0.5, 0.6) is 5.75 Å². The Balaban J connectivity index is 0.00000155. The Bertz CT molecular complexity index is 1020. The maximum Gasteiger partial charge on any atom is 0.223 e. The van der Waals surface area contributed by atoms with E-state index < -0.39 is 0 Å². The molecular weight excluding hydrogens is 383 g/mol. The van der Waals surface area contributed by atoms with Crippen molar-refractivity contribution in [2.45, 2.75) is 27.2 Å². The number of halogens is 1. The Labute approximate surface area is 176 Å². The minimum absolute atomic E-state index is 0.0976. The van der Waals surface area contributed by atoms with E-state index in [1.165, 1.54) is 18.5 Å². The van der Waals surface area contributed by atoms with E-state index in [1.807, 2.05) is 26.0 Å². The summed E-state index contributed by atoms with van der Waals surface area (Å²) >= 11 is 0. The molecule has 1 heterocycles. The number of rotatable bonds is 7. The Morgan fingerprint density at radius 1 is 1.13 bits per heavy atom. The molecule has 0 fully saturated rings. The number of hydrogen-bond donors (Lipinski definition) is 2. The van der Waals surface area contributed by atoms with Gasteiger partial charge >= 0.3 is 0 Å². The van der Waals surface area contributed by atoms with Crippen molar-refractivity contribution in [3.8, 4) is 16.9 Å². The quantitative estimate of drug-likeness (QED) is 0.578. The molecule has 0 saturated carbocycles. The van der Waals surface area contributed by atoms with E-state index in [9.17, 15) is 9.18 Å². The molecule has 1 aromatic heterocycles. The molecule has 0 aliphatic heterocycles. The summed E-state index contributed by atoms with van der Waals surface area (Å²) in [6.07, 6.45) is 1.83. The van der Waals surface area contributed by atoms with Crippen LogP contribution < -0.4 is 15.4 Å². The molecule has 30 heavy (non-hydrogen) atoms. The molecule has 3 rings (SSSR count). The number of fused-ring (bicyclic) bond motifs is 1. The van der Waals surface area contributed by atoms with Gasteiger partial charge in [0.15, 0.2) is 0 Å².